The van der Waals surface area contributed by atoms with Crippen LogP contribution < -0.4 is 20.1 Å². The first-order valence-electron chi connectivity index (χ1n) is 21.6. The van der Waals surface area contributed by atoms with Crippen molar-refractivity contribution in [2.24, 2.45) is 17.8 Å². The number of pyridine rings is 1. The number of benzene rings is 1. The normalized spacial score (nSPS) is 27.0. The molecule has 66 heavy (non-hydrogen) atoms. The molecule has 2 aromatic heterocycles. The van der Waals surface area contributed by atoms with E-state index in [1.54, 1.807) is 18.4 Å². The number of halogens is 6. The molecule has 0 bridgehead atoms. The van der Waals surface area contributed by atoms with Gasteiger partial charge in [-0.1, -0.05) is 44.6 Å². The van der Waals surface area contributed by atoms with E-state index in [1.165, 1.54) is 41.8 Å². The second-order valence-electron chi connectivity index (χ2n) is 17.9. The van der Waals surface area contributed by atoms with Crippen LogP contribution in [0.15, 0.2) is 60.1 Å². The number of sulfonamides is 1. The molecule has 1 unspecified atom stereocenters. The molecule has 3 N–H and O–H groups in total. The molecule has 7 rings (SSSR count). The molecule has 2 aliphatic carbocycles. The van der Waals surface area contributed by atoms with Crippen LogP contribution in [0.4, 0.5) is 31.1 Å². The van der Waals surface area contributed by atoms with Crippen molar-refractivity contribution in [3.63, 3.8) is 0 Å². The lowest BCUT2D eigenvalue weighted by atomic mass is 9.85. The number of nitrogens with zero attached hydrogens (tertiary/aromatic N) is 3. The van der Waals surface area contributed by atoms with Crippen LogP contribution in [0.2, 0.25) is 0 Å². The summed E-state index contributed by atoms with van der Waals surface area (Å²) >= 11 is 1.23. The van der Waals surface area contributed by atoms with Gasteiger partial charge in [-0.3, -0.25) is 19.1 Å². The van der Waals surface area contributed by atoms with Gasteiger partial charge in [0.15, 0.2) is 0 Å². The number of amides is 4. The molecule has 3 fully saturated rings. The molecule has 2 aliphatic heterocycles. The molecule has 0 radical (unpaired) electrons. The Hall–Kier alpha value is -5.25. The maximum atomic E-state index is 15.0. The first-order valence-corrected chi connectivity index (χ1v) is 24.0. The highest BCUT2D eigenvalue weighted by Crippen LogP contribution is 2.46. The number of nitrogens with one attached hydrogen (secondary N) is 3. The second kappa shape index (κ2) is 18.4. The van der Waals surface area contributed by atoms with Gasteiger partial charge in [0, 0.05) is 41.6 Å². The highest BCUT2D eigenvalue weighted by atomic mass is 32.2. The van der Waals surface area contributed by atoms with Gasteiger partial charge < -0.3 is 25.0 Å². The number of ether oxygens (including phenoxy) is 2. The largest absolute Gasteiger partial charge is 0.488 e. The number of rotatable bonds is 10. The summed E-state index contributed by atoms with van der Waals surface area (Å²) in [5, 5.41) is 6.53. The first kappa shape index (κ1) is 48.7. The molecule has 1 aromatic carbocycles. The summed E-state index contributed by atoms with van der Waals surface area (Å²) in [7, 11) is -4.05. The van der Waals surface area contributed by atoms with Gasteiger partial charge in [0.25, 0.3) is 5.91 Å². The minimum atomic E-state index is -4.97. The van der Waals surface area contributed by atoms with E-state index in [1.807, 2.05) is 13.0 Å². The Morgan fingerprint density at radius 1 is 1.02 bits per heavy atom. The number of hydrogen-bond acceptors (Lipinski definition) is 11. The molecule has 4 aliphatic rings. The Balaban J connectivity index is 1.26. The molecule has 0 spiro atoms. The van der Waals surface area contributed by atoms with Crippen LogP contribution in [0.1, 0.15) is 84.6 Å². The average molecular weight is 969 g/mol. The summed E-state index contributed by atoms with van der Waals surface area (Å²) in [5.41, 5.74) is -4.73. The lowest BCUT2D eigenvalue weighted by Gasteiger charge is -2.35. The van der Waals surface area contributed by atoms with Crippen molar-refractivity contribution in [1.82, 2.24) is 30.2 Å². The van der Waals surface area contributed by atoms with Crippen molar-refractivity contribution in [2.45, 2.75) is 126 Å². The van der Waals surface area contributed by atoms with Gasteiger partial charge in [-0.05, 0) is 76.3 Å². The standard InChI is InChI=1S/C44H50F6N6O8S2/c1-5-25-18-24(2)8-6-7-9-28-22-42(28,39(59)55-66(61,62)31-14-15-31)54-36(57)34-21-30(23-56(34)38(58)35(25)53-40(60)64-41(3,4)44(48,49)50)63-29-19-32(52-33(20-29)37-51-16-17-65-37)26-10-12-27(13-11-26)43(45,46)47/h7,9-13,16-17,19-20,24-25,28,30-31,34-35H,5-6,8,14-15,18,21-23H2,1-4H3,(H,53,60)(H,54,57)(H,55,59)/b9-7-/t24-,25-,28?,30-,34+,35+,42-/m1/s1. The molecule has 14 nitrogen and oxygen atoms in total. The SMILES string of the molecule is CC[C@@H]1C[C@H](C)CC/C=C\C2C[C@@]2(C(=O)NS(=O)(=O)C2CC2)NC(=O)[C@@H]2C[C@@H](Oc3cc(-c4ccc(C(F)(F)F)cc4)nc(-c4nccs4)c3)CN2C(=O)[C@H]1NC(=O)OC(C)(C)C(F)(F)F. The van der Waals surface area contributed by atoms with Crippen molar-refractivity contribution in [3.8, 4) is 27.7 Å². The molecule has 1 saturated heterocycles. The van der Waals surface area contributed by atoms with Gasteiger partial charge in [0.1, 0.15) is 40.2 Å². The van der Waals surface area contributed by atoms with Crippen molar-refractivity contribution >= 4 is 45.2 Å². The highest BCUT2D eigenvalue weighted by molar-refractivity contribution is 7.91. The number of carbonyl (C=O) groups excluding carboxylic acids is 4. The van der Waals surface area contributed by atoms with Gasteiger partial charge in [-0.2, -0.15) is 26.3 Å². The quantitative estimate of drug-likeness (QED) is 0.135. The van der Waals surface area contributed by atoms with E-state index in [0.29, 0.717) is 62.2 Å². The van der Waals surface area contributed by atoms with E-state index in [4.69, 9.17) is 9.47 Å². The van der Waals surface area contributed by atoms with Crippen molar-refractivity contribution in [3.05, 3.63) is 65.7 Å². The minimum absolute atomic E-state index is 0.0452. The zero-order valence-electron chi connectivity index (χ0n) is 36.4. The molecule has 4 heterocycles. The predicted molar refractivity (Wildman–Crippen MR) is 229 cm³/mol. The van der Waals surface area contributed by atoms with Gasteiger partial charge in [-0.15, -0.1) is 11.3 Å². The summed E-state index contributed by atoms with van der Waals surface area (Å²) < 4.78 is 121. The van der Waals surface area contributed by atoms with Crippen LogP contribution in [-0.2, 0) is 35.3 Å². The van der Waals surface area contributed by atoms with Crippen LogP contribution in [0.3, 0.4) is 0 Å². The summed E-state index contributed by atoms with van der Waals surface area (Å²) in [6, 6.07) is 4.36. The molecular formula is C44H50F6N6O8S2. The molecule has 4 amide bonds. The van der Waals surface area contributed by atoms with E-state index < -0.39 is 98.2 Å². The highest BCUT2D eigenvalue weighted by Gasteiger charge is 2.62. The predicted octanol–water partition coefficient (Wildman–Crippen LogP) is 7.56. The summed E-state index contributed by atoms with van der Waals surface area (Å²) in [6.45, 7) is 4.67. The van der Waals surface area contributed by atoms with Crippen LogP contribution >= 0.6 is 11.3 Å². The minimum Gasteiger partial charge on any atom is -0.488 e. The molecule has 2 saturated carbocycles. The Labute approximate surface area is 381 Å². The number of carbonyl (C=O) groups is 4. The van der Waals surface area contributed by atoms with E-state index in [-0.39, 0.29) is 43.2 Å². The number of alkyl carbamates (subject to hydrolysis) is 1. The van der Waals surface area contributed by atoms with E-state index in [9.17, 15) is 49.1 Å². The Morgan fingerprint density at radius 2 is 1.71 bits per heavy atom. The third kappa shape index (κ3) is 10.8. The summed E-state index contributed by atoms with van der Waals surface area (Å²) in [6.07, 6.45) is -4.77. The number of alkyl halides is 6. The number of fused-ring (bicyclic) bond motifs is 2. The average Bonchev–Trinajstić information content (AvgIpc) is 4.10. The topological polar surface area (TPSA) is 186 Å². The third-order valence-electron chi connectivity index (χ3n) is 12.5. The fraction of sp³-hybridized carbons (Fsp3) is 0.545. The van der Waals surface area contributed by atoms with Crippen LogP contribution in [0.5, 0.6) is 5.75 Å². The maximum absolute atomic E-state index is 15.0. The molecular weight excluding hydrogens is 919 g/mol. The number of hydrogen-bond donors (Lipinski definition) is 3. The maximum Gasteiger partial charge on any atom is 0.427 e. The monoisotopic (exact) mass is 968 g/mol. The van der Waals surface area contributed by atoms with Crippen LogP contribution in [0.25, 0.3) is 22.0 Å². The fourth-order valence-electron chi connectivity index (χ4n) is 8.37. The van der Waals surface area contributed by atoms with Crippen molar-refractivity contribution in [1.29, 1.82) is 0 Å². The van der Waals surface area contributed by atoms with E-state index in [2.05, 4.69) is 25.3 Å². The van der Waals surface area contributed by atoms with E-state index in [0.717, 1.165) is 17.0 Å². The van der Waals surface area contributed by atoms with E-state index >= 15 is 4.79 Å². The Bertz CT molecular complexity index is 2450. The molecule has 3 aromatic rings. The van der Waals surface area contributed by atoms with Crippen molar-refractivity contribution in [2.75, 3.05) is 6.54 Å². The van der Waals surface area contributed by atoms with Crippen LogP contribution in [0, 0.1) is 17.8 Å². The third-order valence-corrected chi connectivity index (χ3v) is 15.2. The van der Waals surface area contributed by atoms with Gasteiger partial charge in [0.2, 0.25) is 27.4 Å². The smallest absolute Gasteiger partial charge is 0.427 e. The Kier molecular flexibility index (Phi) is 13.6. The van der Waals surface area contributed by atoms with Crippen molar-refractivity contribution < 1.29 is 63.4 Å². The first-order chi connectivity index (χ1) is 30.9. The fourth-order valence-corrected chi connectivity index (χ4v) is 10.3. The summed E-state index contributed by atoms with van der Waals surface area (Å²) in [5.74, 6) is -3.89. The zero-order chi connectivity index (χ0) is 48.0. The molecule has 358 valence electrons. The Morgan fingerprint density at radius 3 is 2.33 bits per heavy atom. The lowest BCUT2D eigenvalue weighted by molar-refractivity contribution is -0.244. The lowest BCUT2D eigenvalue weighted by Crippen LogP contribution is -2.59. The van der Waals surface area contributed by atoms with Gasteiger partial charge in [0.05, 0.1) is 23.1 Å². The number of thiazole rings is 1. The van der Waals surface area contributed by atoms with Gasteiger partial charge >= 0.3 is 18.4 Å². The number of allylic oxidation sites excluding steroid dienone is 1. The second-order valence-corrected chi connectivity index (χ2v) is 20.8. The molecule has 7 atom stereocenters. The molecule has 22 heteroatoms. The zero-order valence-corrected chi connectivity index (χ0v) is 38.0. The van der Waals surface area contributed by atoms with Crippen LogP contribution in [-0.4, -0.2) is 94.4 Å². The number of aromatic nitrogens is 2. The summed E-state index contributed by atoms with van der Waals surface area (Å²) in [4.78, 5) is 67.0. The van der Waals surface area contributed by atoms with Gasteiger partial charge in [-0.25, -0.2) is 23.2 Å².